The van der Waals surface area contributed by atoms with Crippen LogP contribution in [-0.4, -0.2) is 37.4 Å². The molecule has 1 aromatic heterocycles. The fourth-order valence-corrected chi connectivity index (χ4v) is 4.37. The van der Waals surface area contributed by atoms with Crippen LogP contribution >= 0.6 is 0 Å². The molecule has 1 heterocycles. The molecule has 35 heavy (non-hydrogen) atoms. The Bertz CT molecular complexity index is 1200. The minimum Gasteiger partial charge on any atom is -0.370 e. The minimum absolute atomic E-state index is 0.166. The van der Waals surface area contributed by atoms with Gasteiger partial charge in [-0.25, -0.2) is 12.8 Å². The van der Waals surface area contributed by atoms with Crippen LogP contribution in [-0.2, 0) is 27.1 Å². The van der Waals surface area contributed by atoms with Crippen molar-refractivity contribution in [3.63, 3.8) is 0 Å². The van der Waals surface area contributed by atoms with E-state index in [1.54, 1.807) is 13.0 Å². The van der Waals surface area contributed by atoms with Crippen LogP contribution in [0, 0.1) is 12.7 Å². The van der Waals surface area contributed by atoms with Crippen molar-refractivity contribution in [2.75, 3.05) is 11.3 Å². The first-order valence-corrected chi connectivity index (χ1v) is 13.0. The number of nitrogens with zero attached hydrogens (tertiary/aromatic N) is 2. The van der Waals surface area contributed by atoms with Gasteiger partial charge in [0.1, 0.15) is 18.0 Å². The number of anilines is 1. The number of hydrogen-bond acceptors (Lipinski definition) is 5. The molecule has 0 spiro atoms. The maximum absolute atomic E-state index is 13.2. The van der Waals surface area contributed by atoms with Crippen molar-refractivity contribution in [1.29, 1.82) is 0 Å². The fraction of sp³-hybridized carbons (Fsp3) is 0.435. The van der Waals surface area contributed by atoms with Crippen molar-refractivity contribution in [2.45, 2.75) is 57.9 Å². The first kappa shape index (κ1) is 27.8. The third kappa shape index (κ3) is 9.39. The number of nitrogens with one attached hydrogen (secondary N) is 2. The average molecular weight is 509 g/mol. The van der Waals surface area contributed by atoms with Gasteiger partial charge in [0.15, 0.2) is 5.96 Å². The van der Waals surface area contributed by atoms with Crippen LogP contribution in [0.15, 0.2) is 46.2 Å². The molecule has 0 radical (unpaired) electrons. The SMILES string of the molecule is CCCNC(=O)Cn1c(C)ccc(NS(=O)(=O)Cc2cccc(F)c2)c1=O.NC(N)=NC1CCC1. The van der Waals surface area contributed by atoms with E-state index in [2.05, 4.69) is 15.0 Å². The van der Waals surface area contributed by atoms with Gasteiger partial charge in [-0.1, -0.05) is 19.1 Å². The molecule has 1 fully saturated rings. The summed E-state index contributed by atoms with van der Waals surface area (Å²) in [7, 11) is -3.93. The number of carbonyl (C=O) groups excluding carboxylic acids is 1. The summed E-state index contributed by atoms with van der Waals surface area (Å²) in [5, 5.41) is 2.67. The number of rotatable bonds is 9. The van der Waals surface area contributed by atoms with Gasteiger partial charge in [0, 0.05) is 12.2 Å². The van der Waals surface area contributed by atoms with Crippen molar-refractivity contribution < 1.29 is 17.6 Å². The first-order chi connectivity index (χ1) is 16.5. The van der Waals surface area contributed by atoms with Gasteiger partial charge in [-0.15, -0.1) is 0 Å². The van der Waals surface area contributed by atoms with Crippen molar-refractivity contribution in [3.8, 4) is 0 Å². The van der Waals surface area contributed by atoms with Gasteiger partial charge in [-0.05, 0) is 62.4 Å². The molecule has 1 amide bonds. The fourth-order valence-electron chi connectivity index (χ4n) is 3.19. The van der Waals surface area contributed by atoms with E-state index in [9.17, 15) is 22.4 Å². The van der Waals surface area contributed by atoms with Crippen molar-refractivity contribution in [1.82, 2.24) is 9.88 Å². The highest BCUT2D eigenvalue weighted by atomic mass is 32.2. The lowest BCUT2D eigenvalue weighted by Gasteiger charge is -2.20. The van der Waals surface area contributed by atoms with Crippen LogP contribution in [0.2, 0.25) is 0 Å². The Morgan fingerprint density at radius 3 is 2.49 bits per heavy atom. The third-order valence-electron chi connectivity index (χ3n) is 5.18. The van der Waals surface area contributed by atoms with E-state index in [-0.39, 0.29) is 29.7 Å². The van der Waals surface area contributed by atoms with Crippen LogP contribution in [0.5, 0.6) is 0 Å². The Morgan fingerprint density at radius 1 is 1.23 bits per heavy atom. The second kappa shape index (κ2) is 12.9. The predicted molar refractivity (Wildman–Crippen MR) is 135 cm³/mol. The summed E-state index contributed by atoms with van der Waals surface area (Å²) in [6.45, 7) is 3.85. The molecule has 192 valence electrons. The molecule has 1 aliphatic carbocycles. The predicted octanol–water partition coefficient (Wildman–Crippen LogP) is 1.58. The number of guanidine groups is 1. The maximum Gasteiger partial charge on any atom is 0.275 e. The molecule has 0 bridgehead atoms. The van der Waals surface area contributed by atoms with E-state index in [1.807, 2.05) is 6.92 Å². The zero-order valence-electron chi connectivity index (χ0n) is 20.0. The summed E-state index contributed by atoms with van der Waals surface area (Å²) in [6.07, 6.45) is 4.37. The number of aryl methyl sites for hydroxylation is 1. The summed E-state index contributed by atoms with van der Waals surface area (Å²) in [4.78, 5) is 28.4. The molecule has 3 rings (SSSR count). The number of aliphatic imine (C=N–C) groups is 1. The third-order valence-corrected chi connectivity index (χ3v) is 6.43. The monoisotopic (exact) mass is 508 g/mol. The molecule has 1 saturated carbocycles. The molecule has 1 aromatic carbocycles. The van der Waals surface area contributed by atoms with Gasteiger partial charge >= 0.3 is 0 Å². The van der Waals surface area contributed by atoms with Gasteiger partial charge in [0.2, 0.25) is 15.9 Å². The highest BCUT2D eigenvalue weighted by molar-refractivity contribution is 7.91. The highest BCUT2D eigenvalue weighted by Gasteiger charge is 2.17. The Labute approximate surface area is 204 Å². The quantitative estimate of drug-likeness (QED) is 0.297. The standard InChI is InChI=1S/C18H22FN3O4S.C5H11N3/c1-3-9-20-17(23)11-22-13(2)7-8-16(18(22)24)21-27(25,26)12-14-5-4-6-15(19)10-14;6-5(7)8-4-2-1-3-4/h4-8,10,21H,3,9,11-12H2,1-2H3,(H,20,23);4H,1-3H2,(H4,6,7,8). The van der Waals surface area contributed by atoms with E-state index in [0.29, 0.717) is 18.3 Å². The smallest absolute Gasteiger partial charge is 0.275 e. The lowest BCUT2D eigenvalue weighted by atomic mass is 9.94. The highest BCUT2D eigenvalue weighted by Crippen LogP contribution is 2.21. The number of nitrogens with two attached hydrogens (primary N) is 2. The van der Waals surface area contributed by atoms with Gasteiger partial charge < -0.3 is 21.4 Å². The van der Waals surface area contributed by atoms with Crippen LogP contribution in [0.4, 0.5) is 10.1 Å². The summed E-state index contributed by atoms with van der Waals surface area (Å²) in [6, 6.07) is 8.56. The lowest BCUT2D eigenvalue weighted by molar-refractivity contribution is -0.121. The number of carbonyl (C=O) groups is 1. The van der Waals surface area contributed by atoms with E-state index >= 15 is 0 Å². The van der Waals surface area contributed by atoms with Gasteiger partial charge in [-0.2, -0.15) is 0 Å². The summed E-state index contributed by atoms with van der Waals surface area (Å²) < 4.78 is 41.3. The lowest BCUT2D eigenvalue weighted by Crippen LogP contribution is -2.35. The molecule has 0 aliphatic heterocycles. The topological polar surface area (TPSA) is 162 Å². The zero-order chi connectivity index (χ0) is 26.0. The Kier molecular flexibility index (Phi) is 10.2. The second-order valence-electron chi connectivity index (χ2n) is 8.26. The number of amides is 1. The molecular weight excluding hydrogens is 475 g/mol. The molecule has 2 aromatic rings. The number of pyridine rings is 1. The van der Waals surface area contributed by atoms with Crippen LogP contribution in [0.1, 0.15) is 43.9 Å². The Balaban J connectivity index is 0.000000456. The minimum atomic E-state index is -3.93. The molecule has 0 unspecified atom stereocenters. The average Bonchev–Trinajstić information content (AvgIpc) is 2.74. The van der Waals surface area contributed by atoms with Crippen molar-refractivity contribution in [2.24, 2.45) is 16.5 Å². The summed E-state index contributed by atoms with van der Waals surface area (Å²) in [5.41, 5.74) is 10.3. The summed E-state index contributed by atoms with van der Waals surface area (Å²) in [5.74, 6) is -1.12. The van der Waals surface area contributed by atoms with Gasteiger partial charge in [0.25, 0.3) is 5.56 Å². The molecule has 0 atom stereocenters. The van der Waals surface area contributed by atoms with Crippen LogP contribution in [0.3, 0.4) is 0 Å². The maximum atomic E-state index is 13.2. The van der Waals surface area contributed by atoms with E-state index in [1.165, 1.54) is 35.3 Å². The normalized spacial score (nSPS) is 13.1. The zero-order valence-corrected chi connectivity index (χ0v) is 20.8. The number of halogens is 1. The molecule has 12 heteroatoms. The van der Waals surface area contributed by atoms with Gasteiger partial charge in [-0.3, -0.25) is 19.3 Å². The molecule has 0 saturated heterocycles. The van der Waals surface area contributed by atoms with Crippen LogP contribution < -0.4 is 27.1 Å². The number of aromatic nitrogens is 1. The van der Waals surface area contributed by atoms with Crippen molar-refractivity contribution in [3.05, 3.63) is 63.8 Å². The van der Waals surface area contributed by atoms with E-state index in [4.69, 9.17) is 11.5 Å². The van der Waals surface area contributed by atoms with E-state index < -0.39 is 27.2 Å². The second-order valence-corrected chi connectivity index (χ2v) is 9.98. The molecule has 1 aliphatic rings. The molecule has 6 N–H and O–H groups in total. The molecule has 10 nitrogen and oxygen atoms in total. The largest absolute Gasteiger partial charge is 0.370 e. The number of sulfonamides is 1. The van der Waals surface area contributed by atoms with Crippen LogP contribution in [0.25, 0.3) is 0 Å². The van der Waals surface area contributed by atoms with Crippen molar-refractivity contribution >= 4 is 27.6 Å². The van der Waals surface area contributed by atoms with E-state index in [0.717, 1.165) is 25.3 Å². The first-order valence-electron chi connectivity index (χ1n) is 11.3. The Morgan fingerprint density at radius 2 is 1.94 bits per heavy atom. The van der Waals surface area contributed by atoms with Gasteiger partial charge in [0.05, 0.1) is 11.8 Å². The number of benzene rings is 1. The molecular formula is C23H33FN6O4S. The summed E-state index contributed by atoms with van der Waals surface area (Å²) >= 11 is 0. The number of hydrogen-bond donors (Lipinski definition) is 4. The Hall–Kier alpha value is -3.41.